The fourth-order valence-electron chi connectivity index (χ4n) is 1.82. The van der Waals surface area contributed by atoms with E-state index in [1.54, 1.807) is 20.8 Å². The number of carbonyl (C=O) groups is 1. The van der Waals surface area contributed by atoms with Crippen LogP contribution in [0.5, 0.6) is 0 Å². The summed E-state index contributed by atoms with van der Waals surface area (Å²) in [5.41, 5.74) is 0.387. The molecular weight excluding hydrogens is 296 g/mol. The van der Waals surface area contributed by atoms with Gasteiger partial charge in [-0.2, -0.15) is 4.39 Å². The van der Waals surface area contributed by atoms with E-state index in [-0.39, 0.29) is 16.8 Å². The van der Waals surface area contributed by atoms with E-state index >= 15 is 0 Å². The molecule has 112 valence electrons. The number of aromatic nitrogens is 2. The summed E-state index contributed by atoms with van der Waals surface area (Å²) in [6.07, 6.45) is 2.47. The van der Waals surface area contributed by atoms with Gasteiger partial charge in [-0.25, -0.2) is 9.37 Å². The first-order valence-corrected chi connectivity index (χ1v) is 7.34. The number of pyridine rings is 1. The van der Waals surface area contributed by atoms with Crippen LogP contribution < -0.4 is 4.90 Å². The second kappa shape index (κ2) is 6.26. The van der Waals surface area contributed by atoms with E-state index in [2.05, 4.69) is 9.97 Å². The lowest BCUT2D eigenvalue weighted by Gasteiger charge is -2.20. The highest BCUT2D eigenvalue weighted by atomic mass is 32.1. The first kappa shape index (κ1) is 15.5. The molecule has 7 heteroatoms. The molecule has 0 saturated carbocycles. The highest BCUT2D eigenvalue weighted by Gasteiger charge is 2.24. The Morgan fingerprint density at radius 1 is 1.38 bits per heavy atom. The molecule has 2 aromatic heterocycles. The zero-order valence-corrected chi connectivity index (χ0v) is 12.7. The maximum Gasteiger partial charge on any atom is 0.248 e. The Balaban J connectivity index is 2.41. The second-order valence-electron chi connectivity index (χ2n) is 4.74. The summed E-state index contributed by atoms with van der Waals surface area (Å²) in [6.45, 7) is 5.61. The summed E-state index contributed by atoms with van der Waals surface area (Å²) in [5, 5.41) is 0.444. The monoisotopic (exact) mass is 311 g/mol. The SMILES string of the molecule is CCN(C(=O)C(C)C)c1sc(-c2cncc(F)c2)nc1F. The van der Waals surface area contributed by atoms with E-state index in [1.807, 2.05) is 0 Å². The molecule has 0 fully saturated rings. The maximum absolute atomic E-state index is 14.0. The number of hydrogen-bond donors (Lipinski definition) is 0. The van der Waals surface area contributed by atoms with Crippen molar-refractivity contribution >= 4 is 22.2 Å². The Labute approximate surface area is 125 Å². The van der Waals surface area contributed by atoms with Gasteiger partial charge in [-0.1, -0.05) is 25.2 Å². The lowest BCUT2D eigenvalue weighted by Crippen LogP contribution is -2.34. The Kier molecular flexibility index (Phi) is 4.62. The summed E-state index contributed by atoms with van der Waals surface area (Å²) < 4.78 is 27.2. The van der Waals surface area contributed by atoms with Gasteiger partial charge in [0.15, 0.2) is 5.00 Å². The minimum Gasteiger partial charge on any atom is -0.300 e. The number of carbonyl (C=O) groups excluding carboxylic acids is 1. The van der Waals surface area contributed by atoms with Crippen LogP contribution in [0, 0.1) is 17.7 Å². The highest BCUT2D eigenvalue weighted by Crippen LogP contribution is 2.34. The molecule has 0 aliphatic heterocycles. The van der Waals surface area contributed by atoms with Crippen LogP contribution >= 0.6 is 11.3 Å². The summed E-state index contributed by atoms with van der Waals surface area (Å²) in [5.74, 6) is -1.67. The number of hydrogen-bond acceptors (Lipinski definition) is 4. The molecule has 0 spiro atoms. The third-order valence-corrected chi connectivity index (χ3v) is 3.95. The first-order chi connectivity index (χ1) is 9.93. The summed E-state index contributed by atoms with van der Waals surface area (Å²) in [4.78, 5) is 20.9. The van der Waals surface area contributed by atoms with E-state index in [0.29, 0.717) is 17.1 Å². The molecule has 0 radical (unpaired) electrons. The lowest BCUT2D eigenvalue weighted by atomic mass is 10.2. The lowest BCUT2D eigenvalue weighted by molar-refractivity contribution is -0.121. The van der Waals surface area contributed by atoms with Crippen molar-refractivity contribution in [2.75, 3.05) is 11.4 Å². The van der Waals surface area contributed by atoms with Crippen LogP contribution in [0.3, 0.4) is 0 Å². The van der Waals surface area contributed by atoms with E-state index in [9.17, 15) is 13.6 Å². The minimum absolute atomic E-state index is 0.149. The molecule has 2 rings (SSSR count). The van der Waals surface area contributed by atoms with Crippen LogP contribution in [0.4, 0.5) is 13.8 Å². The number of rotatable bonds is 4. The normalized spacial score (nSPS) is 11.0. The molecule has 21 heavy (non-hydrogen) atoms. The molecule has 1 amide bonds. The molecule has 0 aromatic carbocycles. The minimum atomic E-state index is -0.727. The van der Waals surface area contributed by atoms with Crippen LogP contribution in [0.15, 0.2) is 18.5 Å². The third kappa shape index (κ3) is 3.24. The van der Waals surface area contributed by atoms with Gasteiger partial charge in [-0.15, -0.1) is 0 Å². The van der Waals surface area contributed by atoms with Gasteiger partial charge < -0.3 is 4.90 Å². The van der Waals surface area contributed by atoms with Crippen molar-refractivity contribution in [1.29, 1.82) is 0 Å². The molecule has 2 heterocycles. The molecule has 0 aliphatic rings. The van der Waals surface area contributed by atoms with Gasteiger partial charge in [0.2, 0.25) is 11.9 Å². The maximum atomic E-state index is 14.0. The fraction of sp³-hybridized carbons (Fsp3) is 0.357. The Bertz CT molecular complexity index is 657. The molecule has 0 aliphatic carbocycles. The summed E-state index contributed by atoms with van der Waals surface area (Å²) >= 11 is 1.01. The van der Waals surface area contributed by atoms with Gasteiger partial charge in [0.1, 0.15) is 10.8 Å². The van der Waals surface area contributed by atoms with Crippen molar-refractivity contribution in [1.82, 2.24) is 9.97 Å². The smallest absolute Gasteiger partial charge is 0.248 e. The van der Waals surface area contributed by atoms with Crippen molar-refractivity contribution < 1.29 is 13.6 Å². The zero-order chi connectivity index (χ0) is 15.6. The summed E-state index contributed by atoms with van der Waals surface area (Å²) in [7, 11) is 0. The topological polar surface area (TPSA) is 46.1 Å². The van der Waals surface area contributed by atoms with Gasteiger partial charge in [0.05, 0.1) is 6.20 Å². The van der Waals surface area contributed by atoms with Crippen molar-refractivity contribution in [3.05, 3.63) is 30.2 Å². The number of nitrogens with zero attached hydrogens (tertiary/aromatic N) is 3. The van der Waals surface area contributed by atoms with Crippen LogP contribution in [0.2, 0.25) is 0 Å². The van der Waals surface area contributed by atoms with Gasteiger partial charge >= 0.3 is 0 Å². The van der Waals surface area contributed by atoms with Crippen LogP contribution in [0.25, 0.3) is 10.6 Å². The molecule has 0 unspecified atom stereocenters. The predicted molar refractivity (Wildman–Crippen MR) is 78.1 cm³/mol. The predicted octanol–water partition coefficient (Wildman–Crippen LogP) is 3.49. The number of amides is 1. The standard InChI is InChI=1S/C14H15F2N3OS/c1-4-19(13(20)8(2)3)14-11(16)18-12(21-14)9-5-10(15)7-17-6-9/h5-8H,4H2,1-3H3. The number of halogens is 2. The van der Waals surface area contributed by atoms with Crippen LogP contribution in [-0.4, -0.2) is 22.4 Å². The van der Waals surface area contributed by atoms with Gasteiger partial charge in [-0.05, 0) is 13.0 Å². The molecule has 0 atom stereocenters. The Morgan fingerprint density at radius 3 is 2.67 bits per heavy atom. The molecule has 0 bridgehead atoms. The van der Waals surface area contributed by atoms with E-state index in [0.717, 1.165) is 17.5 Å². The van der Waals surface area contributed by atoms with E-state index in [4.69, 9.17) is 0 Å². The molecule has 0 saturated heterocycles. The van der Waals surface area contributed by atoms with E-state index < -0.39 is 11.8 Å². The highest BCUT2D eigenvalue weighted by molar-refractivity contribution is 7.19. The third-order valence-electron chi connectivity index (χ3n) is 2.84. The van der Waals surface area contributed by atoms with Gasteiger partial charge in [0, 0.05) is 24.2 Å². The average molecular weight is 311 g/mol. The number of thiazole rings is 1. The molecule has 2 aromatic rings. The molecule has 0 N–H and O–H groups in total. The van der Waals surface area contributed by atoms with Crippen molar-refractivity contribution in [2.24, 2.45) is 5.92 Å². The molecular formula is C14H15F2N3OS. The Morgan fingerprint density at radius 2 is 2.10 bits per heavy atom. The fourth-order valence-corrected chi connectivity index (χ4v) is 2.82. The first-order valence-electron chi connectivity index (χ1n) is 6.52. The van der Waals surface area contributed by atoms with Crippen molar-refractivity contribution in [2.45, 2.75) is 20.8 Å². The van der Waals surface area contributed by atoms with Crippen molar-refractivity contribution in [3.8, 4) is 10.6 Å². The Hall–Kier alpha value is -1.89. The average Bonchev–Trinajstić information content (AvgIpc) is 2.82. The van der Waals surface area contributed by atoms with E-state index in [1.165, 1.54) is 17.2 Å². The van der Waals surface area contributed by atoms with Crippen molar-refractivity contribution in [3.63, 3.8) is 0 Å². The van der Waals surface area contributed by atoms with Crippen LogP contribution in [0.1, 0.15) is 20.8 Å². The van der Waals surface area contributed by atoms with Gasteiger partial charge in [-0.3, -0.25) is 9.78 Å². The largest absolute Gasteiger partial charge is 0.300 e. The van der Waals surface area contributed by atoms with Gasteiger partial charge in [0.25, 0.3) is 0 Å². The van der Waals surface area contributed by atoms with Crippen LogP contribution in [-0.2, 0) is 4.79 Å². The quantitative estimate of drug-likeness (QED) is 0.868. The zero-order valence-electron chi connectivity index (χ0n) is 11.9. The molecule has 4 nitrogen and oxygen atoms in total. The summed E-state index contributed by atoms with van der Waals surface area (Å²) in [6, 6.07) is 1.23. The second-order valence-corrected chi connectivity index (χ2v) is 5.72. The number of anilines is 1.